The van der Waals surface area contributed by atoms with E-state index in [1.165, 1.54) is 28.5 Å². The number of hydrogen-bond donors (Lipinski definition) is 0. The first kappa shape index (κ1) is 23.9. The second-order valence-corrected chi connectivity index (χ2v) is 9.50. The Morgan fingerprint density at radius 1 is 0.912 bits per heavy atom. The van der Waals surface area contributed by atoms with Crippen molar-refractivity contribution in [3.05, 3.63) is 89.2 Å². The Morgan fingerprint density at radius 2 is 1.62 bits per heavy atom. The zero-order valence-electron chi connectivity index (χ0n) is 20.2. The van der Waals surface area contributed by atoms with Gasteiger partial charge in [0, 0.05) is 23.5 Å². The average Bonchev–Trinajstić information content (AvgIpc) is 3.30. The van der Waals surface area contributed by atoms with Crippen molar-refractivity contribution in [2.45, 2.75) is 57.4 Å². The number of nitrogens with zero attached hydrogens (tertiary/aromatic N) is 4. The van der Waals surface area contributed by atoms with E-state index in [4.69, 9.17) is 0 Å². The van der Waals surface area contributed by atoms with E-state index in [-0.39, 0.29) is 11.0 Å². The molecule has 0 amide bonds. The van der Waals surface area contributed by atoms with Gasteiger partial charge in [0.05, 0.1) is 10.9 Å². The van der Waals surface area contributed by atoms with Crippen LogP contribution < -0.4 is 0 Å². The Labute approximate surface area is 205 Å². The van der Waals surface area contributed by atoms with Crippen LogP contribution >= 0.6 is 11.8 Å². The molecule has 0 aliphatic heterocycles. The molecule has 4 rings (SSSR count). The number of pyridine rings is 1. The van der Waals surface area contributed by atoms with E-state index in [2.05, 4.69) is 58.7 Å². The molecule has 0 N–H and O–H groups in total. The highest BCUT2D eigenvalue weighted by atomic mass is 32.2. The van der Waals surface area contributed by atoms with Crippen LogP contribution in [-0.4, -0.2) is 30.8 Å². The summed E-state index contributed by atoms with van der Waals surface area (Å²) in [5, 5.41) is 9.52. The predicted octanol–water partition coefficient (Wildman–Crippen LogP) is 6.38. The van der Waals surface area contributed by atoms with Crippen molar-refractivity contribution in [1.29, 1.82) is 0 Å². The molecule has 0 fully saturated rings. The third-order valence-electron chi connectivity index (χ3n) is 6.04. The highest BCUT2D eigenvalue weighted by Gasteiger charge is 2.24. The minimum Gasteiger partial charge on any atom is -0.293 e. The van der Waals surface area contributed by atoms with Crippen molar-refractivity contribution in [2.24, 2.45) is 0 Å². The fraction of sp³-hybridized carbons (Fsp3) is 0.286. The molecule has 4 aromatic rings. The van der Waals surface area contributed by atoms with Crippen molar-refractivity contribution in [2.75, 3.05) is 0 Å². The molecule has 0 radical (unpaired) electrons. The summed E-state index contributed by atoms with van der Waals surface area (Å²) in [6.07, 6.45) is 6.28. The first-order chi connectivity index (χ1) is 16.6. The lowest BCUT2D eigenvalue weighted by molar-refractivity contribution is 0.0994. The highest BCUT2D eigenvalue weighted by molar-refractivity contribution is 8.00. The third-order valence-corrected chi connectivity index (χ3v) is 7.08. The topological polar surface area (TPSA) is 60.7 Å². The van der Waals surface area contributed by atoms with E-state index < -0.39 is 0 Å². The van der Waals surface area contributed by atoms with E-state index >= 15 is 0 Å². The lowest BCUT2D eigenvalue weighted by atomic mass is 10.0. The molecule has 1 atom stereocenters. The van der Waals surface area contributed by atoms with Gasteiger partial charge in [0.25, 0.3) is 0 Å². The number of carbonyl (C=O) groups excluding carboxylic acids is 1. The Bertz CT molecular complexity index is 1240. The summed E-state index contributed by atoms with van der Waals surface area (Å²) in [6.45, 7) is 8.37. The number of carbonyl (C=O) groups is 1. The molecule has 6 heteroatoms. The number of para-hydroxylation sites is 1. The average molecular weight is 471 g/mol. The lowest BCUT2D eigenvalue weighted by Crippen LogP contribution is -2.15. The van der Waals surface area contributed by atoms with Crippen molar-refractivity contribution in [3.63, 3.8) is 0 Å². The Morgan fingerprint density at radius 3 is 2.21 bits per heavy atom. The number of aromatic nitrogens is 4. The number of thioether (sulfide) groups is 1. The first-order valence-electron chi connectivity index (χ1n) is 11.8. The van der Waals surface area contributed by atoms with Crippen molar-refractivity contribution in [3.8, 4) is 17.1 Å². The summed E-state index contributed by atoms with van der Waals surface area (Å²) in [5.74, 6) is 0.822. The van der Waals surface area contributed by atoms with Gasteiger partial charge in [-0.15, -0.1) is 10.2 Å². The summed E-state index contributed by atoms with van der Waals surface area (Å²) < 4.78 is 2.11. The van der Waals surface area contributed by atoms with Gasteiger partial charge < -0.3 is 0 Å². The van der Waals surface area contributed by atoms with Crippen LogP contribution in [0.3, 0.4) is 0 Å². The standard InChI is InChI=1S/C28H30N4OS/c1-5-20-13-15-23(16-14-20)26(33)19(4)34-28-31-30-27(24-12-9-17-29-18-24)32(28)25-21(6-2)10-8-11-22(25)7-3/h8-19H,5-7H2,1-4H3. The van der Waals surface area contributed by atoms with Crippen LogP contribution in [0, 0.1) is 0 Å². The van der Waals surface area contributed by atoms with Gasteiger partial charge in [-0.05, 0) is 55.0 Å². The number of rotatable bonds is 9. The molecule has 0 bridgehead atoms. The number of aryl methyl sites for hydroxylation is 3. The Hall–Kier alpha value is -3.25. The SMILES string of the molecule is CCc1ccc(C(=O)C(C)Sc2nnc(-c3cccnc3)n2-c2c(CC)cccc2CC)cc1. The molecule has 34 heavy (non-hydrogen) atoms. The summed E-state index contributed by atoms with van der Waals surface area (Å²) in [6, 6.07) is 18.2. The first-order valence-corrected chi connectivity index (χ1v) is 12.7. The van der Waals surface area contributed by atoms with Crippen LogP contribution in [0.1, 0.15) is 54.7 Å². The monoisotopic (exact) mass is 470 g/mol. The van der Waals surface area contributed by atoms with Crippen LogP contribution in [0.4, 0.5) is 0 Å². The molecule has 0 aliphatic rings. The zero-order chi connectivity index (χ0) is 24.1. The molecular weight excluding hydrogens is 440 g/mol. The second-order valence-electron chi connectivity index (χ2n) is 8.19. The zero-order valence-corrected chi connectivity index (χ0v) is 21.0. The highest BCUT2D eigenvalue weighted by Crippen LogP contribution is 2.34. The van der Waals surface area contributed by atoms with Gasteiger partial charge in [-0.2, -0.15) is 0 Å². The maximum Gasteiger partial charge on any atom is 0.196 e. The molecule has 0 saturated heterocycles. The van der Waals surface area contributed by atoms with Crippen molar-refractivity contribution >= 4 is 17.5 Å². The summed E-state index contributed by atoms with van der Waals surface area (Å²) >= 11 is 1.45. The normalized spacial score (nSPS) is 12.0. The Kier molecular flexibility index (Phi) is 7.58. The Balaban J connectivity index is 1.78. The van der Waals surface area contributed by atoms with Crippen LogP contribution in [0.15, 0.2) is 72.1 Å². The lowest BCUT2D eigenvalue weighted by Gasteiger charge is -2.19. The van der Waals surface area contributed by atoms with Gasteiger partial charge >= 0.3 is 0 Å². The molecule has 2 aromatic heterocycles. The fourth-order valence-corrected chi connectivity index (χ4v) is 5.01. The van der Waals surface area contributed by atoms with Gasteiger partial charge in [0.2, 0.25) is 0 Å². The van der Waals surface area contributed by atoms with E-state index in [9.17, 15) is 4.79 Å². The molecule has 1 unspecified atom stereocenters. The van der Waals surface area contributed by atoms with Gasteiger partial charge in [0.15, 0.2) is 16.8 Å². The van der Waals surface area contributed by atoms with Crippen LogP contribution in [0.5, 0.6) is 0 Å². The maximum atomic E-state index is 13.2. The van der Waals surface area contributed by atoms with Gasteiger partial charge in [-0.1, -0.05) is 75.0 Å². The fourth-order valence-electron chi connectivity index (χ4n) is 4.08. The van der Waals surface area contributed by atoms with Crippen LogP contribution in [0.25, 0.3) is 17.1 Å². The van der Waals surface area contributed by atoms with E-state index in [1.807, 2.05) is 43.3 Å². The minimum atomic E-state index is -0.309. The second kappa shape index (κ2) is 10.8. The summed E-state index contributed by atoms with van der Waals surface area (Å²) in [7, 11) is 0. The molecule has 0 saturated carbocycles. The van der Waals surface area contributed by atoms with Crippen molar-refractivity contribution < 1.29 is 4.79 Å². The molecule has 0 spiro atoms. The molecule has 2 heterocycles. The molecule has 2 aromatic carbocycles. The van der Waals surface area contributed by atoms with Gasteiger partial charge in [-0.3, -0.25) is 14.3 Å². The molecular formula is C28H30N4OS. The van der Waals surface area contributed by atoms with E-state index in [0.717, 1.165) is 41.9 Å². The number of benzene rings is 2. The van der Waals surface area contributed by atoms with Crippen LogP contribution in [0.2, 0.25) is 0 Å². The van der Waals surface area contributed by atoms with Crippen molar-refractivity contribution in [1.82, 2.24) is 19.7 Å². The number of Topliss-reactive ketones (excluding diaryl/α,β-unsaturated/α-hetero) is 1. The summed E-state index contributed by atoms with van der Waals surface area (Å²) in [4.78, 5) is 17.5. The molecule has 174 valence electrons. The van der Waals surface area contributed by atoms with Crippen LogP contribution in [-0.2, 0) is 19.3 Å². The molecule has 5 nitrogen and oxygen atoms in total. The summed E-state index contributed by atoms with van der Waals surface area (Å²) in [5.41, 5.74) is 6.38. The van der Waals surface area contributed by atoms with Gasteiger partial charge in [0.1, 0.15) is 0 Å². The largest absolute Gasteiger partial charge is 0.293 e. The maximum absolute atomic E-state index is 13.2. The number of hydrogen-bond acceptors (Lipinski definition) is 5. The minimum absolute atomic E-state index is 0.0876. The number of ketones is 1. The van der Waals surface area contributed by atoms with E-state index in [0.29, 0.717) is 5.16 Å². The quantitative estimate of drug-likeness (QED) is 0.210. The molecule has 0 aliphatic carbocycles. The van der Waals surface area contributed by atoms with Gasteiger partial charge in [-0.25, -0.2) is 0 Å². The predicted molar refractivity (Wildman–Crippen MR) is 139 cm³/mol. The third kappa shape index (κ3) is 4.82. The smallest absolute Gasteiger partial charge is 0.196 e. The van der Waals surface area contributed by atoms with E-state index in [1.54, 1.807) is 12.4 Å².